The van der Waals surface area contributed by atoms with E-state index in [0.717, 1.165) is 0 Å². The zero-order valence-corrected chi connectivity index (χ0v) is 10.0. The van der Waals surface area contributed by atoms with Crippen LogP contribution in [0.4, 0.5) is 0 Å². The van der Waals surface area contributed by atoms with Crippen molar-refractivity contribution in [2.24, 2.45) is 5.73 Å². The van der Waals surface area contributed by atoms with E-state index in [4.69, 9.17) is 10.5 Å². The molecule has 2 N–H and O–H groups in total. The third-order valence-electron chi connectivity index (χ3n) is 2.94. The molecular weight excluding hydrogens is 206 g/mol. The molecule has 0 radical (unpaired) electrons. The van der Waals surface area contributed by atoms with E-state index in [2.05, 4.69) is 17.5 Å². The van der Waals surface area contributed by atoms with Crippen molar-refractivity contribution in [1.82, 2.24) is 0 Å². The molecule has 0 saturated heterocycles. The minimum absolute atomic E-state index is 0.0734. The van der Waals surface area contributed by atoms with Gasteiger partial charge in [0.25, 0.3) is 0 Å². The van der Waals surface area contributed by atoms with Crippen molar-refractivity contribution < 1.29 is 4.74 Å². The van der Waals surface area contributed by atoms with Crippen LogP contribution in [0.1, 0.15) is 43.6 Å². The maximum Gasteiger partial charge on any atom is 0.107 e. The molecule has 0 aliphatic heterocycles. The smallest absolute Gasteiger partial charge is 0.107 e. The van der Waals surface area contributed by atoms with Crippen molar-refractivity contribution in [3.05, 3.63) is 22.4 Å². The molecule has 0 aromatic carbocycles. The molecule has 2 rings (SSSR count). The molecule has 1 aliphatic carbocycles. The second kappa shape index (κ2) is 5.10. The Morgan fingerprint density at radius 3 is 2.73 bits per heavy atom. The summed E-state index contributed by atoms with van der Waals surface area (Å²) in [6.45, 7) is 2.03. The summed E-state index contributed by atoms with van der Waals surface area (Å²) in [4.78, 5) is 1.26. The lowest BCUT2D eigenvalue weighted by Gasteiger charge is -2.24. The quantitative estimate of drug-likeness (QED) is 0.854. The number of rotatable bonds is 4. The van der Waals surface area contributed by atoms with Crippen LogP contribution in [0.3, 0.4) is 0 Å². The molecule has 1 heterocycles. The van der Waals surface area contributed by atoms with Gasteiger partial charge in [0.1, 0.15) is 6.10 Å². The maximum absolute atomic E-state index is 6.10. The molecule has 0 bridgehead atoms. The fraction of sp³-hybridized carbons (Fsp3) is 0.667. The van der Waals surface area contributed by atoms with Crippen molar-refractivity contribution in [3.8, 4) is 0 Å². The predicted octanol–water partition coefficient (Wildman–Crippen LogP) is 3.10. The van der Waals surface area contributed by atoms with Gasteiger partial charge in [-0.2, -0.15) is 0 Å². The van der Waals surface area contributed by atoms with Crippen LogP contribution in [0.2, 0.25) is 0 Å². The van der Waals surface area contributed by atoms with E-state index in [9.17, 15) is 0 Å². The van der Waals surface area contributed by atoms with E-state index in [1.807, 2.05) is 6.92 Å². The van der Waals surface area contributed by atoms with Crippen LogP contribution in [-0.2, 0) is 4.74 Å². The number of hydrogen-bond acceptors (Lipinski definition) is 3. The van der Waals surface area contributed by atoms with E-state index in [1.54, 1.807) is 11.3 Å². The van der Waals surface area contributed by atoms with Crippen LogP contribution in [0.15, 0.2) is 17.5 Å². The van der Waals surface area contributed by atoms with Crippen LogP contribution in [-0.4, -0.2) is 12.1 Å². The van der Waals surface area contributed by atoms with E-state index in [0.29, 0.717) is 6.10 Å². The van der Waals surface area contributed by atoms with E-state index < -0.39 is 0 Å². The molecule has 1 aromatic rings. The van der Waals surface area contributed by atoms with Crippen LogP contribution in [0.5, 0.6) is 0 Å². The van der Waals surface area contributed by atoms with Gasteiger partial charge in [-0.1, -0.05) is 18.9 Å². The van der Waals surface area contributed by atoms with Gasteiger partial charge in [-0.05, 0) is 31.2 Å². The molecule has 2 atom stereocenters. The highest BCUT2D eigenvalue weighted by molar-refractivity contribution is 7.10. The Kier molecular flexibility index (Phi) is 3.78. The summed E-state index contributed by atoms with van der Waals surface area (Å²) < 4.78 is 6.10. The van der Waals surface area contributed by atoms with Gasteiger partial charge in [-0.3, -0.25) is 0 Å². The summed E-state index contributed by atoms with van der Waals surface area (Å²) in [6.07, 6.45) is 5.54. The van der Waals surface area contributed by atoms with Crippen LogP contribution >= 0.6 is 11.3 Å². The molecule has 1 aliphatic rings. The number of thiophene rings is 1. The van der Waals surface area contributed by atoms with Gasteiger partial charge in [0, 0.05) is 10.9 Å². The Labute approximate surface area is 95.4 Å². The highest BCUT2D eigenvalue weighted by Gasteiger charge is 2.24. The molecule has 1 saturated carbocycles. The first-order chi connectivity index (χ1) is 7.27. The van der Waals surface area contributed by atoms with Gasteiger partial charge in [-0.25, -0.2) is 0 Å². The lowest BCUT2D eigenvalue weighted by molar-refractivity contribution is -0.0182. The first-order valence-corrected chi connectivity index (χ1v) is 6.60. The molecule has 1 fully saturated rings. The van der Waals surface area contributed by atoms with Crippen molar-refractivity contribution >= 4 is 11.3 Å². The summed E-state index contributed by atoms with van der Waals surface area (Å²) in [5.41, 5.74) is 5.99. The van der Waals surface area contributed by atoms with E-state index in [-0.39, 0.29) is 12.1 Å². The molecular formula is C12H19NOS. The monoisotopic (exact) mass is 225 g/mol. The average Bonchev–Trinajstić information content (AvgIpc) is 2.87. The molecule has 1 aromatic heterocycles. The van der Waals surface area contributed by atoms with E-state index >= 15 is 0 Å². The van der Waals surface area contributed by atoms with Gasteiger partial charge in [0.05, 0.1) is 6.10 Å². The normalized spacial score (nSPS) is 21.7. The lowest BCUT2D eigenvalue weighted by Crippen LogP contribution is -2.29. The van der Waals surface area contributed by atoms with Crippen molar-refractivity contribution in [1.29, 1.82) is 0 Å². The summed E-state index contributed by atoms with van der Waals surface area (Å²) in [7, 11) is 0. The van der Waals surface area contributed by atoms with Gasteiger partial charge in [0.2, 0.25) is 0 Å². The average molecular weight is 225 g/mol. The summed E-state index contributed by atoms with van der Waals surface area (Å²) >= 11 is 1.74. The maximum atomic E-state index is 6.10. The molecule has 0 spiro atoms. The molecule has 84 valence electrons. The predicted molar refractivity (Wildman–Crippen MR) is 64.1 cm³/mol. The minimum atomic E-state index is 0.0734. The Morgan fingerprint density at radius 1 is 1.47 bits per heavy atom. The summed E-state index contributed by atoms with van der Waals surface area (Å²) in [6, 6.07) is 4.25. The van der Waals surface area contributed by atoms with Crippen LogP contribution < -0.4 is 5.73 Å². The zero-order chi connectivity index (χ0) is 10.7. The number of nitrogens with two attached hydrogens (primary N) is 1. The first-order valence-electron chi connectivity index (χ1n) is 5.72. The highest BCUT2D eigenvalue weighted by atomic mass is 32.1. The summed E-state index contributed by atoms with van der Waals surface area (Å²) in [5, 5.41) is 2.09. The molecule has 2 nitrogen and oxygen atoms in total. The second-order valence-corrected chi connectivity index (χ2v) is 5.32. The zero-order valence-electron chi connectivity index (χ0n) is 9.19. The lowest BCUT2D eigenvalue weighted by atomic mass is 10.1. The Bertz CT molecular complexity index is 278. The largest absolute Gasteiger partial charge is 0.368 e. The van der Waals surface area contributed by atoms with Gasteiger partial charge in [0.15, 0.2) is 0 Å². The van der Waals surface area contributed by atoms with Crippen molar-refractivity contribution in [3.63, 3.8) is 0 Å². The van der Waals surface area contributed by atoms with Crippen molar-refractivity contribution in [2.45, 2.75) is 50.9 Å². The first kappa shape index (κ1) is 11.1. The minimum Gasteiger partial charge on any atom is -0.368 e. The van der Waals surface area contributed by atoms with Gasteiger partial charge < -0.3 is 10.5 Å². The number of hydrogen-bond donors (Lipinski definition) is 1. The Morgan fingerprint density at radius 2 is 2.20 bits per heavy atom. The molecule has 0 amide bonds. The fourth-order valence-corrected chi connectivity index (χ4v) is 3.01. The number of ether oxygens (including phenoxy) is 1. The molecule has 2 unspecified atom stereocenters. The second-order valence-electron chi connectivity index (χ2n) is 4.34. The SMILES string of the molecule is CC(N)C(OC1CCCC1)c1cccs1. The van der Waals surface area contributed by atoms with Gasteiger partial charge in [-0.15, -0.1) is 11.3 Å². The van der Waals surface area contributed by atoms with Crippen LogP contribution in [0.25, 0.3) is 0 Å². The third-order valence-corrected chi connectivity index (χ3v) is 3.88. The molecule has 3 heteroatoms. The Hall–Kier alpha value is -0.380. The third kappa shape index (κ3) is 2.80. The molecule has 15 heavy (non-hydrogen) atoms. The highest BCUT2D eigenvalue weighted by Crippen LogP contribution is 2.31. The van der Waals surface area contributed by atoms with Crippen molar-refractivity contribution in [2.75, 3.05) is 0 Å². The van der Waals surface area contributed by atoms with Gasteiger partial charge >= 0.3 is 0 Å². The fourth-order valence-electron chi connectivity index (χ4n) is 2.14. The van der Waals surface area contributed by atoms with Crippen LogP contribution in [0, 0.1) is 0 Å². The standard InChI is InChI=1S/C12H19NOS/c1-9(13)12(11-7-4-8-15-11)14-10-5-2-3-6-10/h4,7-10,12H,2-3,5-6,13H2,1H3. The topological polar surface area (TPSA) is 35.2 Å². The van der Waals surface area contributed by atoms with E-state index in [1.165, 1.54) is 30.6 Å². The summed E-state index contributed by atoms with van der Waals surface area (Å²) in [5.74, 6) is 0. The Balaban J connectivity index is 2.00.